The summed E-state index contributed by atoms with van der Waals surface area (Å²) < 4.78 is 20.5. The average molecular weight is 465 g/mol. The van der Waals surface area contributed by atoms with Gasteiger partial charge in [-0.25, -0.2) is 9.07 Å². The van der Waals surface area contributed by atoms with Gasteiger partial charge in [-0.05, 0) is 48.4 Å². The van der Waals surface area contributed by atoms with Crippen molar-refractivity contribution in [1.29, 1.82) is 0 Å². The average Bonchev–Trinajstić information content (AvgIpc) is 3.40. The number of hydrogen-bond donors (Lipinski definition) is 1. The van der Waals surface area contributed by atoms with Crippen LogP contribution in [-0.2, 0) is 17.8 Å². The molecular formula is C25H25FN4O2S. The monoisotopic (exact) mass is 464 g/mol. The highest BCUT2D eigenvalue weighted by Crippen LogP contribution is 2.30. The normalized spacial score (nSPS) is 14.6. The Hall–Kier alpha value is -3.07. The molecule has 33 heavy (non-hydrogen) atoms. The summed E-state index contributed by atoms with van der Waals surface area (Å²) in [4.78, 5) is 16.7. The molecule has 0 saturated carbocycles. The SMILES string of the molecule is Cc1nn(-c2ccc(F)cc2)c2sc(C(=O)NCc3ccc(CN4CCOCC4)cc3)cc12. The fourth-order valence-electron chi connectivity index (χ4n) is 3.97. The van der Waals surface area contributed by atoms with Crippen molar-refractivity contribution in [3.63, 3.8) is 0 Å². The van der Waals surface area contributed by atoms with Gasteiger partial charge in [0.25, 0.3) is 5.91 Å². The Kier molecular flexibility index (Phi) is 6.22. The van der Waals surface area contributed by atoms with E-state index in [0.717, 1.165) is 60.0 Å². The van der Waals surface area contributed by atoms with Gasteiger partial charge in [-0.3, -0.25) is 9.69 Å². The number of benzene rings is 2. The third-order valence-corrected chi connectivity index (χ3v) is 6.93. The summed E-state index contributed by atoms with van der Waals surface area (Å²) in [5.74, 6) is -0.405. The van der Waals surface area contributed by atoms with E-state index in [4.69, 9.17) is 4.74 Å². The number of halogens is 1. The van der Waals surface area contributed by atoms with Crippen molar-refractivity contribution in [2.75, 3.05) is 26.3 Å². The zero-order valence-corrected chi connectivity index (χ0v) is 19.2. The smallest absolute Gasteiger partial charge is 0.261 e. The van der Waals surface area contributed by atoms with Crippen molar-refractivity contribution in [3.05, 3.63) is 82.1 Å². The number of aromatic nitrogens is 2. The van der Waals surface area contributed by atoms with E-state index >= 15 is 0 Å². The highest BCUT2D eigenvalue weighted by molar-refractivity contribution is 7.20. The van der Waals surface area contributed by atoms with Crippen LogP contribution in [0.3, 0.4) is 0 Å². The summed E-state index contributed by atoms with van der Waals surface area (Å²) in [7, 11) is 0. The maximum Gasteiger partial charge on any atom is 0.261 e. The molecule has 1 aliphatic rings. The Morgan fingerprint density at radius 1 is 1.09 bits per heavy atom. The molecular weight excluding hydrogens is 439 g/mol. The molecule has 1 saturated heterocycles. The molecule has 4 aromatic rings. The lowest BCUT2D eigenvalue weighted by Crippen LogP contribution is -2.35. The first-order valence-electron chi connectivity index (χ1n) is 11.0. The fourth-order valence-corrected chi connectivity index (χ4v) is 5.07. The maximum atomic E-state index is 13.3. The maximum absolute atomic E-state index is 13.3. The Balaban J connectivity index is 1.25. The van der Waals surface area contributed by atoms with E-state index in [0.29, 0.717) is 11.4 Å². The number of aryl methyl sites for hydroxylation is 1. The Morgan fingerprint density at radius 2 is 1.79 bits per heavy atom. The van der Waals surface area contributed by atoms with Gasteiger partial charge in [0.1, 0.15) is 10.6 Å². The van der Waals surface area contributed by atoms with Gasteiger partial charge in [-0.15, -0.1) is 11.3 Å². The summed E-state index contributed by atoms with van der Waals surface area (Å²) in [5, 5.41) is 8.51. The predicted molar refractivity (Wildman–Crippen MR) is 127 cm³/mol. The Morgan fingerprint density at radius 3 is 2.52 bits per heavy atom. The molecule has 1 aliphatic heterocycles. The van der Waals surface area contributed by atoms with Crippen LogP contribution in [0.5, 0.6) is 0 Å². The zero-order chi connectivity index (χ0) is 22.8. The molecule has 0 radical (unpaired) electrons. The number of amides is 1. The highest BCUT2D eigenvalue weighted by atomic mass is 32.1. The second-order valence-corrected chi connectivity index (χ2v) is 9.22. The van der Waals surface area contributed by atoms with Crippen molar-refractivity contribution < 1.29 is 13.9 Å². The topological polar surface area (TPSA) is 59.4 Å². The van der Waals surface area contributed by atoms with Crippen LogP contribution in [0.25, 0.3) is 15.9 Å². The third-order valence-electron chi connectivity index (χ3n) is 5.83. The van der Waals surface area contributed by atoms with Crippen LogP contribution in [-0.4, -0.2) is 46.9 Å². The van der Waals surface area contributed by atoms with Crippen molar-refractivity contribution in [2.45, 2.75) is 20.0 Å². The molecule has 1 N–H and O–H groups in total. The number of nitrogens with one attached hydrogen (secondary N) is 1. The Bertz CT molecular complexity index is 1260. The van der Waals surface area contributed by atoms with Crippen LogP contribution in [0.15, 0.2) is 54.6 Å². The van der Waals surface area contributed by atoms with Gasteiger partial charge in [0, 0.05) is 31.6 Å². The molecule has 1 fully saturated rings. The molecule has 3 heterocycles. The molecule has 0 unspecified atom stereocenters. The summed E-state index contributed by atoms with van der Waals surface area (Å²) >= 11 is 1.39. The number of ether oxygens (including phenoxy) is 1. The number of carbonyl (C=O) groups is 1. The van der Waals surface area contributed by atoms with Crippen molar-refractivity contribution in [1.82, 2.24) is 20.0 Å². The van der Waals surface area contributed by atoms with Crippen molar-refractivity contribution in [2.24, 2.45) is 0 Å². The van der Waals surface area contributed by atoms with Gasteiger partial charge in [0.05, 0.1) is 29.5 Å². The van der Waals surface area contributed by atoms with E-state index in [1.165, 1.54) is 29.0 Å². The van der Waals surface area contributed by atoms with Crippen LogP contribution < -0.4 is 5.32 Å². The minimum absolute atomic E-state index is 0.112. The molecule has 6 nitrogen and oxygen atoms in total. The first-order valence-corrected chi connectivity index (χ1v) is 11.8. The number of thiophene rings is 1. The number of fused-ring (bicyclic) bond motifs is 1. The number of morpholine rings is 1. The summed E-state index contributed by atoms with van der Waals surface area (Å²) in [6.07, 6.45) is 0. The summed E-state index contributed by atoms with van der Waals surface area (Å²) in [5.41, 5.74) is 3.92. The number of rotatable bonds is 6. The lowest BCUT2D eigenvalue weighted by atomic mass is 10.1. The van der Waals surface area contributed by atoms with Gasteiger partial charge in [-0.1, -0.05) is 24.3 Å². The standard InChI is InChI=1S/C25H25FN4O2S/c1-17-22-14-23(33-25(22)30(28-17)21-8-6-20(26)7-9-21)24(31)27-15-18-2-4-19(5-3-18)16-29-10-12-32-13-11-29/h2-9,14H,10-13,15-16H2,1H3,(H,27,31). The molecule has 2 aromatic heterocycles. The van der Waals surface area contributed by atoms with Crippen LogP contribution in [0.1, 0.15) is 26.5 Å². The molecule has 1 amide bonds. The van der Waals surface area contributed by atoms with Crippen LogP contribution in [0, 0.1) is 12.7 Å². The second-order valence-electron chi connectivity index (χ2n) is 8.19. The van der Waals surface area contributed by atoms with Gasteiger partial charge in [0.2, 0.25) is 0 Å². The quantitative estimate of drug-likeness (QED) is 0.462. The highest BCUT2D eigenvalue weighted by Gasteiger charge is 2.17. The van der Waals surface area contributed by atoms with Gasteiger partial charge in [-0.2, -0.15) is 5.10 Å². The van der Waals surface area contributed by atoms with Crippen LogP contribution >= 0.6 is 11.3 Å². The van der Waals surface area contributed by atoms with Crippen molar-refractivity contribution >= 4 is 27.5 Å². The van der Waals surface area contributed by atoms with E-state index in [-0.39, 0.29) is 11.7 Å². The third kappa shape index (κ3) is 4.83. The van der Waals surface area contributed by atoms with E-state index in [1.807, 2.05) is 13.0 Å². The van der Waals surface area contributed by atoms with E-state index in [2.05, 4.69) is 39.6 Å². The molecule has 0 atom stereocenters. The molecule has 2 aromatic carbocycles. The summed E-state index contributed by atoms with van der Waals surface area (Å²) in [6.45, 7) is 6.81. The molecule has 170 valence electrons. The predicted octanol–water partition coefficient (Wildman–Crippen LogP) is 4.30. The minimum Gasteiger partial charge on any atom is -0.379 e. The second kappa shape index (κ2) is 9.43. The Labute approximate surface area is 195 Å². The molecule has 5 rings (SSSR count). The number of carbonyl (C=O) groups excluding carboxylic acids is 1. The largest absolute Gasteiger partial charge is 0.379 e. The fraction of sp³-hybridized carbons (Fsp3) is 0.280. The first-order chi connectivity index (χ1) is 16.1. The van der Waals surface area contributed by atoms with Crippen molar-refractivity contribution in [3.8, 4) is 5.69 Å². The molecule has 8 heteroatoms. The van der Waals surface area contributed by atoms with Gasteiger partial charge < -0.3 is 10.1 Å². The molecule has 0 bridgehead atoms. The lowest BCUT2D eigenvalue weighted by Gasteiger charge is -2.26. The van der Waals surface area contributed by atoms with E-state index in [1.54, 1.807) is 16.8 Å². The van der Waals surface area contributed by atoms with E-state index in [9.17, 15) is 9.18 Å². The number of hydrogen-bond acceptors (Lipinski definition) is 5. The van der Waals surface area contributed by atoms with Crippen LogP contribution in [0.4, 0.5) is 4.39 Å². The summed E-state index contributed by atoms with van der Waals surface area (Å²) in [6, 6.07) is 16.4. The first kappa shape index (κ1) is 21.8. The number of nitrogens with zero attached hydrogens (tertiary/aromatic N) is 3. The van der Waals surface area contributed by atoms with Crippen LogP contribution in [0.2, 0.25) is 0 Å². The van der Waals surface area contributed by atoms with E-state index < -0.39 is 0 Å². The molecule has 0 aliphatic carbocycles. The van der Waals surface area contributed by atoms with Gasteiger partial charge >= 0.3 is 0 Å². The lowest BCUT2D eigenvalue weighted by molar-refractivity contribution is 0.0342. The zero-order valence-electron chi connectivity index (χ0n) is 18.4. The minimum atomic E-state index is -0.292. The molecule has 0 spiro atoms. The van der Waals surface area contributed by atoms with Gasteiger partial charge in [0.15, 0.2) is 0 Å².